The second-order valence-corrected chi connectivity index (χ2v) is 7.28. The minimum Gasteiger partial charge on any atom is -0.483 e. The van der Waals surface area contributed by atoms with Crippen molar-refractivity contribution in [3.8, 4) is 22.6 Å². The topological polar surface area (TPSA) is 81.0 Å². The second kappa shape index (κ2) is 10.3. The number of rotatable bonds is 7. The molecule has 0 aliphatic carbocycles. The van der Waals surface area contributed by atoms with Crippen molar-refractivity contribution in [2.24, 2.45) is 0 Å². The fraction of sp³-hybridized carbons (Fsp3) is 0.217. The van der Waals surface area contributed by atoms with E-state index in [9.17, 15) is 27.2 Å². The van der Waals surface area contributed by atoms with E-state index in [0.717, 1.165) is 23.2 Å². The molecule has 0 aliphatic heterocycles. The van der Waals surface area contributed by atoms with Gasteiger partial charge in [0.15, 0.2) is 6.61 Å². The average molecular weight is 480 g/mol. The highest BCUT2D eigenvalue weighted by Crippen LogP contribution is 2.39. The molecule has 1 N–H and O–H groups in total. The van der Waals surface area contributed by atoms with E-state index in [-0.39, 0.29) is 22.4 Å². The fourth-order valence-corrected chi connectivity index (χ4v) is 3.00. The Balaban J connectivity index is 1.82. The van der Waals surface area contributed by atoms with Crippen molar-refractivity contribution in [3.63, 3.8) is 0 Å². The molecule has 34 heavy (non-hydrogen) atoms. The highest BCUT2D eigenvalue weighted by molar-refractivity contribution is 5.95. The summed E-state index contributed by atoms with van der Waals surface area (Å²) in [6, 6.07) is 9.31. The predicted octanol–water partition coefficient (Wildman–Crippen LogP) is 4.95. The fourth-order valence-electron chi connectivity index (χ4n) is 3.00. The maximum absolute atomic E-state index is 14.0. The summed E-state index contributed by atoms with van der Waals surface area (Å²) in [5.74, 6) is -2.59. The SMILES string of the molecule is CC(C)N(NC(=O)c1ccoc1)C(=O)COc1ccc(F)cc1-c1ccccc1OC(F)(F)F. The number of para-hydroxylation sites is 1. The summed E-state index contributed by atoms with van der Waals surface area (Å²) in [5.41, 5.74) is 2.50. The molecule has 0 aliphatic rings. The summed E-state index contributed by atoms with van der Waals surface area (Å²) in [5, 5.41) is 1.04. The van der Waals surface area contributed by atoms with Gasteiger partial charge in [0.1, 0.15) is 23.6 Å². The van der Waals surface area contributed by atoms with E-state index >= 15 is 0 Å². The standard InChI is InChI=1S/C23H20F4N2O5/c1-14(2)29(28-22(31)15-9-10-32-12-15)21(30)13-33-19-8-7-16(24)11-18(19)17-5-3-4-6-20(17)34-23(25,26)27/h3-12,14H,13H2,1-2H3,(H,28,31). The normalized spacial score (nSPS) is 11.3. The van der Waals surface area contributed by atoms with Crippen molar-refractivity contribution in [1.82, 2.24) is 10.4 Å². The lowest BCUT2D eigenvalue weighted by Crippen LogP contribution is -2.51. The maximum Gasteiger partial charge on any atom is 0.573 e. The Morgan fingerprint density at radius 3 is 2.44 bits per heavy atom. The van der Waals surface area contributed by atoms with Crippen LogP contribution >= 0.6 is 0 Å². The van der Waals surface area contributed by atoms with E-state index in [4.69, 9.17) is 9.15 Å². The zero-order valence-corrected chi connectivity index (χ0v) is 18.1. The third kappa shape index (κ3) is 6.27. The number of alkyl halides is 3. The molecule has 2 amide bonds. The number of nitrogens with zero attached hydrogens (tertiary/aromatic N) is 1. The van der Waals surface area contributed by atoms with Crippen LogP contribution in [0.3, 0.4) is 0 Å². The first-order valence-electron chi connectivity index (χ1n) is 9.98. The number of hydrazine groups is 1. The van der Waals surface area contributed by atoms with Crippen LogP contribution in [0.2, 0.25) is 0 Å². The lowest BCUT2D eigenvalue weighted by Gasteiger charge is -2.27. The molecule has 0 atom stereocenters. The van der Waals surface area contributed by atoms with Crippen LogP contribution in [0.15, 0.2) is 65.5 Å². The zero-order valence-electron chi connectivity index (χ0n) is 18.1. The van der Waals surface area contributed by atoms with E-state index in [2.05, 4.69) is 10.2 Å². The van der Waals surface area contributed by atoms with Gasteiger partial charge in [-0.3, -0.25) is 15.0 Å². The quantitative estimate of drug-likeness (QED) is 0.383. The number of benzene rings is 2. The highest BCUT2D eigenvalue weighted by Gasteiger charge is 2.32. The molecule has 1 heterocycles. The first kappa shape index (κ1) is 24.6. The number of nitrogens with one attached hydrogen (secondary N) is 1. The number of carbonyl (C=O) groups excluding carboxylic acids is 2. The third-order valence-corrected chi connectivity index (χ3v) is 4.49. The molecule has 0 radical (unpaired) electrons. The maximum atomic E-state index is 14.0. The van der Waals surface area contributed by atoms with Crippen LogP contribution in [0.5, 0.6) is 11.5 Å². The van der Waals surface area contributed by atoms with E-state index in [0.29, 0.717) is 0 Å². The van der Waals surface area contributed by atoms with Gasteiger partial charge in [-0.25, -0.2) is 9.40 Å². The summed E-state index contributed by atoms with van der Waals surface area (Å²) < 4.78 is 66.9. The van der Waals surface area contributed by atoms with E-state index in [1.54, 1.807) is 13.8 Å². The van der Waals surface area contributed by atoms with Crippen molar-refractivity contribution in [2.45, 2.75) is 26.3 Å². The van der Waals surface area contributed by atoms with Crippen molar-refractivity contribution < 1.29 is 41.0 Å². The van der Waals surface area contributed by atoms with E-state index in [1.807, 2.05) is 0 Å². The number of halogens is 4. The molecule has 3 aromatic rings. The molecule has 7 nitrogen and oxygen atoms in total. The molecular formula is C23H20F4N2O5. The number of hydrogen-bond acceptors (Lipinski definition) is 5. The highest BCUT2D eigenvalue weighted by atomic mass is 19.4. The summed E-state index contributed by atoms with van der Waals surface area (Å²) in [7, 11) is 0. The summed E-state index contributed by atoms with van der Waals surface area (Å²) >= 11 is 0. The molecule has 0 unspecified atom stereocenters. The van der Waals surface area contributed by atoms with E-state index in [1.165, 1.54) is 42.9 Å². The summed E-state index contributed by atoms with van der Waals surface area (Å²) in [6.07, 6.45) is -2.46. The molecule has 0 spiro atoms. The Kier molecular flexibility index (Phi) is 7.44. The Morgan fingerprint density at radius 1 is 1.06 bits per heavy atom. The van der Waals surface area contributed by atoms with Crippen LogP contribution in [0.1, 0.15) is 24.2 Å². The summed E-state index contributed by atoms with van der Waals surface area (Å²) in [4.78, 5) is 25.0. The largest absolute Gasteiger partial charge is 0.573 e. The average Bonchev–Trinajstić information content (AvgIpc) is 3.30. The number of ether oxygens (including phenoxy) is 2. The summed E-state index contributed by atoms with van der Waals surface area (Å²) in [6.45, 7) is 2.72. The molecule has 2 aromatic carbocycles. The molecule has 0 bridgehead atoms. The van der Waals surface area contributed by atoms with Crippen LogP contribution in [-0.4, -0.2) is 35.8 Å². The van der Waals surface area contributed by atoms with Gasteiger partial charge < -0.3 is 13.9 Å². The van der Waals surface area contributed by atoms with Crippen LogP contribution in [0.4, 0.5) is 17.6 Å². The van der Waals surface area contributed by atoms with Gasteiger partial charge in [-0.1, -0.05) is 18.2 Å². The predicted molar refractivity (Wildman–Crippen MR) is 112 cm³/mol. The zero-order chi connectivity index (χ0) is 24.9. The van der Waals surface area contributed by atoms with Crippen molar-refractivity contribution in [2.75, 3.05) is 6.61 Å². The van der Waals surface area contributed by atoms with Crippen LogP contribution in [0, 0.1) is 5.82 Å². The smallest absolute Gasteiger partial charge is 0.483 e. The second-order valence-electron chi connectivity index (χ2n) is 7.28. The molecule has 0 saturated heterocycles. The van der Waals surface area contributed by atoms with Gasteiger partial charge in [-0.15, -0.1) is 13.2 Å². The Bertz CT molecular complexity index is 1150. The molecule has 11 heteroatoms. The number of furan rings is 1. The van der Waals surface area contributed by atoms with Gasteiger partial charge in [0.25, 0.3) is 11.8 Å². The van der Waals surface area contributed by atoms with Gasteiger partial charge >= 0.3 is 6.36 Å². The van der Waals surface area contributed by atoms with Crippen LogP contribution in [-0.2, 0) is 4.79 Å². The Hall–Kier alpha value is -4.02. The van der Waals surface area contributed by atoms with Gasteiger partial charge in [0.05, 0.1) is 11.8 Å². The number of amides is 2. The molecule has 3 rings (SSSR count). The third-order valence-electron chi connectivity index (χ3n) is 4.49. The number of hydrogen-bond donors (Lipinski definition) is 1. The van der Waals surface area contributed by atoms with Gasteiger partial charge in [-0.2, -0.15) is 0 Å². The first-order chi connectivity index (χ1) is 16.0. The molecular weight excluding hydrogens is 460 g/mol. The van der Waals surface area contributed by atoms with Crippen LogP contribution in [0.25, 0.3) is 11.1 Å². The minimum atomic E-state index is -4.97. The first-order valence-corrected chi connectivity index (χ1v) is 9.98. The number of carbonyl (C=O) groups is 2. The lowest BCUT2D eigenvalue weighted by atomic mass is 10.0. The molecule has 1 aromatic heterocycles. The Labute approximate surface area is 191 Å². The lowest BCUT2D eigenvalue weighted by molar-refractivity contribution is -0.274. The van der Waals surface area contributed by atoms with Crippen molar-refractivity contribution in [3.05, 3.63) is 72.4 Å². The minimum absolute atomic E-state index is 0.0498. The molecule has 180 valence electrons. The van der Waals surface area contributed by atoms with Gasteiger partial charge in [-0.05, 0) is 44.2 Å². The van der Waals surface area contributed by atoms with Gasteiger partial charge in [0.2, 0.25) is 0 Å². The van der Waals surface area contributed by atoms with Crippen LogP contribution < -0.4 is 14.9 Å². The van der Waals surface area contributed by atoms with E-state index < -0.39 is 42.4 Å². The Morgan fingerprint density at radius 2 is 1.79 bits per heavy atom. The molecule has 0 saturated carbocycles. The molecule has 0 fully saturated rings. The van der Waals surface area contributed by atoms with Gasteiger partial charge in [0, 0.05) is 17.2 Å². The monoisotopic (exact) mass is 480 g/mol. The van der Waals surface area contributed by atoms with Crippen molar-refractivity contribution >= 4 is 11.8 Å². The van der Waals surface area contributed by atoms with Crippen molar-refractivity contribution in [1.29, 1.82) is 0 Å².